The summed E-state index contributed by atoms with van der Waals surface area (Å²) in [5.74, 6) is 0.397. The van der Waals surface area contributed by atoms with Gasteiger partial charge in [0, 0.05) is 32.2 Å². The molecule has 1 aromatic carbocycles. The quantitative estimate of drug-likeness (QED) is 0.867. The SMILES string of the molecule is FC(F)(F)c1cccc([C@@H](C2CCCC2)N2CCNCC2)c1Cl. The van der Waals surface area contributed by atoms with Crippen molar-refractivity contribution < 1.29 is 13.2 Å². The number of piperazine rings is 1. The fourth-order valence-electron chi connectivity index (χ4n) is 3.98. The fourth-order valence-corrected chi connectivity index (χ4v) is 4.32. The van der Waals surface area contributed by atoms with Crippen LogP contribution >= 0.6 is 11.6 Å². The molecule has 1 atom stereocenters. The Bertz CT molecular complexity index is 535. The lowest BCUT2D eigenvalue weighted by atomic mass is 9.88. The summed E-state index contributed by atoms with van der Waals surface area (Å²) in [6, 6.07) is 4.35. The first kappa shape index (κ1) is 17.1. The van der Waals surface area contributed by atoms with Crippen molar-refractivity contribution in [3.8, 4) is 0 Å². The Morgan fingerprint density at radius 1 is 1.13 bits per heavy atom. The van der Waals surface area contributed by atoms with Gasteiger partial charge in [-0.15, -0.1) is 0 Å². The Morgan fingerprint density at radius 3 is 2.39 bits per heavy atom. The molecule has 3 rings (SSSR count). The third-order valence-electron chi connectivity index (χ3n) is 5.04. The first-order valence-electron chi connectivity index (χ1n) is 8.29. The van der Waals surface area contributed by atoms with E-state index in [4.69, 9.17) is 11.6 Å². The number of nitrogens with one attached hydrogen (secondary N) is 1. The van der Waals surface area contributed by atoms with E-state index in [2.05, 4.69) is 10.2 Å². The van der Waals surface area contributed by atoms with Crippen LogP contribution in [0.4, 0.5) is 13.2 Å². The van der Waals surface area contributed by atoms with E-state index < -0.39 is 11.7 Å². The van der Waals surface area contributed by atoms with Crippen molar-refractivity contribution in [2.75, 3.05) is 26.2 Å². The van der Waals surface area contributed by atoms with Crippen LogP contribution < -0.4 is 5.32 Å². The van der Waals surface area contributed by atoms with Gasteiger partial charge in [-0.05, 0) is 30.4 Å². The van der Waals surface area contributed by atoms with E-state index in [1.165, 1.54) is 6.07 Å². The van der Waals surface area contributed by atoms with Crippen LogP contribution in [0, 0.1) is 5.92 Å². The van der Waals surface area contributed by atoms with Crippen molar-refractivity contribution in [3.63, 3.8) is 0 Å². The maximum atomic E-state index is 13.2. The van der Waals surface area contributed by atoms with E-state index in [1.54, 1.807) is 6.07 Å². The van der Waals surface area contributed by atoms with E-state index in [0.717, 1.165) is 57.9 Å². The largest absolute Gasteiger partial charge is 0.417 e. The molecule has 0 spiro atoms. The molecule has 1 N–H and O–H groups in total. The summed E-state index contributed by atoms with van der Waals surface area (Å²) in [5, 5.41) is 3.19. The summed E-state index contributed by atoms with van der Waals surface area (Å²) in [7, 11) is 0. The van der Waals surface area contributed by atoms with Crippen molar-refractivity contribution in [1.82, 2.24) is 10.2 Å². The number of hydrogen-bond acceptors (Lipinski definition) is 2. The van der Waals surface area contributed by atoms with Gasteiger partial charge < -0.3 is 5.32 Å². The number of alkyl halides is 3. The van der Waals surface area contributed by atoms with Crippen LogP contribution in [-0.4, -0.2) is 31.1 Å². The average molecular weight is 347 g/mol. The zero-order valence-corrected chi connectivity index (χ0v) is 13.8. The van der Waals surface area contributed by atoms with Gasteiger partial charge in [0.25, 0.3) is 0 Å². The van der Waals surface area contributed by atoms with Crippen LogP contribution in [-0.2, 0) is 6.18 Å². The molecule has 1 aromatic rings. The van der Waals surface area contributed by atoms with Crippen molar-refractivity contribution in [2.45, 2.75) is 37.9 Å². The second kappa shape index (κ2) is 6.99. The Kier molecular flexibility index (Phi) is 5.19. The molecule has 1 aliphatic heterocycles. The van der Waals surface area contributed by atoms with Gasteiger partial charge >= 0.3 is 6.18 Å². The molecule has 2 aliphatic rings. The first-order chi connectivity index (χ1) is 11.0. The summed E-state index contributed by atoms with van der Waals surface area (Å²) in [4.78, 5) is 2.31. The minimum atomic E-state index is -4.41. The summed E-state index contributed by atoms with van der Waals surface area (Å²) in [6.07, 6.45) is 0.0484. The van der Waals surface area contributed by atoms with Gasteiger partial charge in [0.15, 0.2) is 0 Å². The number of benzene rings is 1. The van der Waals surface area contributed by atoms with Crippen molar-refractivity contribution >= 4 is 11.6 Å². The van der Waals surface area contributed by atoms with Gasteiger partial charge in [0.2, 0.25) is 0 Å². The summed E-state index contributed by atoms with van der Waals surface area (Å²) >= 11 is 6.22. The monoisotopic (exact) mass is 346 g/mol. The van der Waals surface area contributed by atoms with Crippen LogP contribution in [0.3, 0.4) is 0 Å². The Morgan fingerprint density at radius 2 is 1.78 bits per heavy atom. The molecule has 6 heteroatoms. The van der Waals surface area contributed by atoms with Crippen LogP contribution in [0.5, 0.6) is 0 Å². The molecule has 0 unspecified atom stereocenters. The van der Waals surface area contributed by atoms with Gasteiger partial charge in [0.1, 0.15) is 0 Å². The first-order valence-corrected chi connectivity index (χ1v) is 8.66. The zero-order valence-electron chi connectivity index (χ0n) is 13.0. The molecule has 1 saturated carbocycles. The second-order valence-corrected chi connectivity index (χ2v) is 6.86. The minimum Gasteiger partial charge on any atom is -0.314 e. The molecule has 1 saturated heterocycles. The van der Waals surface area contributed by atoms with Gasteiger partial charge in [-0.3, -0.25) is 4.90 Å². The molecule has 1 aliphatic carbocycles. The highest BCUT2D eigenvalue weighted by Crippen LogP contribution is 2.45. The van der Waals surface area contributed by atoms with Crippen LogP contribution in [0.15, 0.2) is 18.2 Å². The maximum absolute atomic E-state index is 13.2. The molecule has 0 aromatic heterocycles. The molecular formula is C17H22ClF3N2. The highest BCUT2D eigenvalue weighted by Gasteiger charge is 2.38. The van der Waals surface area contributed by atoms with Crippen LogP contribution in [0.1, 0.15) is 42.9 Å². The lowest BCUT2D eigenvalue weighted by Crippen LogP contribution is -2.46. The minimum absolute atomic E-state index is 0.00519. The predicted octanol–water partition coefficient (Wildman–Crippen LogP) is 4.50. The van der Waals surface area contributed by atoms with Gasteiger partial charge in [-0.25, -0.2) is 0 Å². The normalized spacial score (nSPS) is 22.4. The number of nitrogens with zero attached hydrogens (tertiary/aromatic N) is 1. The maximum Gasteiger partial charge on any atom is 0.417 e. The molecule has 2 fully saturated rings. The predicted molar refractivity (Wildman–Crippen MR) is 85.6 cm³/mol. The number of halogens is 4. The number of rotatable bonds is 3. The van der Waals surface area contributed by atoms with E-state index >= 15 is 0 Å². The molecule has 0 radical (unpaired) electrons. The Hall–Kier alpha value is -0.780. The standard InChI is InChI=1S/C17H22ClF3N2/c18-15-13(6-3-7-14(15)17(19,20)21)16(12-4-1-2-5-12)23-10-8-22-9-11-23/h3,6-7,12,16,22H,1-2,4-5,8-11H2/t16-/m1/s1. The third-order valence-corrected chi connectivity index (χ3v) is 5.47. The average Bonchev–Trinajstić information content (AvgIpc) is 3.03. The van der Waals surface area contributed by atoms with E-state index in [-0.39, 0.29) is 11.1 Å². The van der Waals surface area contributed by atoms with Crippen molar-refractivity contribution in [2.24, 2.45) is 5.92 Å². The van der Waals surface area contributed by atoms with Gasteiger partial charge in [0.05, 0.1) is 10.6 Å². The fraction of sp³-hybridized carbons (Fsp3) is 0.647. The zero-order chi connectivity index (χ0) is 16.4. The number of hydrogen-bond donors (Lipinski definition) is 1. The van der Waals surface area contributed by atoms with Gasteiger partial charge in [-0.2, -0.15) is 13.2 Å². The Labute approximate surface area is 140 Å². The van der Waals surface area contributed by atoms with Crippen LogP contribution in [0.2, 0.25) is 5.02 Å². The summed E-state index contributed by atoms with van der Waals surface area (Å²) in [6.45, 7) is 3.46. The molecule has 0 amide bonds. The highest BCUT2D eigenvalue weighted by atomic mass is 35.5. The van der Waals surface area contributed by atoms with Gasteiger partial charge in [-0.1, -0.05) is 36.6 Å². The van der Waals surface area contributed by atoms with Crippen LogP contribution in [0.25, 0.3) is 0 Å². The lowest BCUT2D eigenvalue weighted by Gasteiger charge is -2.39. The van der Waals surface area contributed by atoms with Crippen molar-refractivity contribution in [3.05, 3.63) is 34.3 Å². The van der Waals surface area contributed by atoms with E-state index in [9.17, 15) is 13.2 Å². The molecule has 2 nitrogen and oxygen atoms in total. The summed E-state index contributed by atoms with van der Waals surface area (Å²) < 4.78 is 39.6. The summed E-state index contributed by atoms with van der Waals surface area (Å²) in [5.41, 5.74) is -0.0647. The molecule has 128 valence electrons. The lowest BCUT2D eigenvalue weighted by molar-refractivity contribution is -0.137. The molecule has 0 bridgehead atoms. The molecular weight excluding hydrogens is 325 g/mol. The van der Waals surface area contributed by atoms with E-state index in [1.807, 2.05) is 0 Å². The van der Waals surface area contributed by atoms with Crippen molar-refractivity contribution in [1.29, 1.82) is 0 Å². The highest BCUT2D eigenvalue weighted by molar-refractivity contribution is 6.32. The smallest absolute Gasteiger partial charge is 0.314 e. The topological polar surface area (TPSA) is 15.3 Å². The van der Waals surface area contributed by atoms with E-state index in [0.29, 0.717) is 11.5 Å². The molecule has 23 heavy (non-hydrogen) atoms. The third kappa shape index (κ3) is 3.67. The molecule has 1 heterocycles. The second-order valence-electron chi connectivity index (χ2n) is 6.48. The Balaban J connectivity index is 1.99.